The Morgan fingerprint density at radius 2 is 1.82 bits per heavy atom. The second kappa shape index (κ2) is 9.37. The van der Waals surface area contributed by atoms with Crippen LogP contribution in [-0.2, 0) is 9.59 Å². The van der Waals surface area contributed by atoms with E-state index < -0.39 is 0 Å². The van der Waals surface area contributed by atoms with Gasteiger partial charge in [-0.15, -0.1) is 10.2 Å². The van der Waals surface area contributed by atoms with Crippen molar-refractivity contribution in [3.63, 3.8) is 0 Å². The highest BCUT2D eigenvalue weighted by atomic mass is 16.5. The molecule has 8 heteroatoms. The summed E-state index contributed by atoms with van der Waals surface area (Å²) in [6.07, 6.45) is 5.15. The van der Waals surface area contributed by atoms with Crippen LogP contribution in [0.3, 0.4) is 0 Å². The number of hydrogen-bond donors (Lipinski definition) is 0. The number of anilines is 1. The molecule has 0 spiro atoms. The number of ether oxygens (including phenoxy) is 1. The molecule has 0 N–H and O–H groups in total. The Hall–Kier alpha value is -3.16. The van der Waals surface area contributed by atoms with Gasteiger partial charge in [0.1, 0.15) is 12.3 Å². The molecule has 2 aromatic rings. The maximum atomic E-state index is 12.9. The van der Waals surface area contributed by atoms with Crippen molar-refractivity contribution < 1.29 is 14.3 Å². The van der Waals surface area contributed by atoms with Crippen LogP contribution in [0, 0.1) is 5.92 Å². The van der Waals surface area contributed by atoms with Crippen LogP contribution >= 0.6 is 0 Å². The van der Waals surface area contributed by atoms with Crippen LogP contribution in [0.5, 0.6) is 5.75 Å². The lowest BCUT2D eigenvalue weighted by molar-refractivity contribution is -0.145. The van der Waals surface area contributed by atoms with Crippen LogP contribution in [0.25, 0.3) is 11.3 Å². The number of aromatic nitrogens is 2. The molecular weight excluding hydrogens is 418 g/mol. The monoisotopic (exact) mass is 449 g/mol. The fraction of sp³-hybridized carbons (Fsp3) is 0.520. The van der Waals surface area contributed by atoms with Crippen molar-refractivity contribution in [3.05, 3.63) is 36.4 Å². The van der Waals surface area contributed by atoms with Crippen molar-refractivity contribution in [2.24, 2.45) is 5.92 Å². The van der Waals surface area contributed by atoms with Gasteiger partial charge in [-0.2, -0.15) is 0 Å². The molecule has 174 valence electrons. The van der Waals surface area contributed by atoms with Gasteiger partial charge in [-0.1, -0.05) is 18.6 Å². The smallest absolute Gasteiger partial charge is 0.242 e. The van der Waals surface area contributed by atoms with Gasteiger partial charge < -0.3 is 19.4 Å². The lowest BCUT2D eigenvalue weighted by Gasteiger charge is -2.37. The lowest BCUT2D eigenvalue weighted by atomic mass is 9.84. The summed E-state index contributed by atoms with van der Waals surface area (Å²) >= 11 is 0. The molecule has 1 aromatic heterocycles. The van der Waals surface area contributed by atoms with Gasteiger partial charge in [-0.3, -0.25) is 9.59 Å². The predicted octanol–water partition coefficient (Wildman–Crippen LogP) is 2.59. The lowest BCUT2D eigenvalue weighted by Crippen LogP contribution is -2.53. The van der Waals surface area contributed by atoms with Crippen LogP contribution in [0.15, 0.2) is 36.4 Å². The Balaban J connectivity index is 1.16. The van der Waals surface area contributed by atoms with E-state index in [1.165, 1.54) is 0 Å². The third kappa shape index (κ3) is 4.79. The van der Waals surface area contributed by atoms with Gasteiger partial charge in [-0.25, -0.2) is 0 Å². The molecule has 1 aromatic carbocycles. The van der Waals surface area contributed by atoms with Gasteiger partial charge in [0.25, 0.3) is 0 Å². The number of carbonyl (C=O) groups excluding carboxylic acids is 2. The molecule has 1 saturated heterocycles. The van der Waals surface area contributed by atoms with E-state index in [9.17, 15) is 9.59 Å². The molecule has 33 heavy (non-hydrogen) atoms. The van der Waals surface area contributed by atoms with Crippen molar-refractivity contribution in [3.8, 4) is 17.0 Å². The van der Waals surface area contributed by atoms with Gasteiger partial charge in [0, 0.05) is 43.7 Å². The summed E-state index contributed by atoms with van der Waals surface area (Å²) in [6.45, 7) is 2.91. The van der Waals surface area contributed by atoms with Crippen LogP contribution in [0.2, 0.25) is 0 Å². The van der Waals surface area contributed by atoms with E-state index in [2.05, 4.69) is 15.1 Å². The Morgan fingerprint density at radius 1 is 1.03 bits per heavy atom. The standard InChI is InChI=1S/C25H31N5O3/c1-33-21-7-3-6-19(16-21)22-10-11-23(27-26-22)28-12-14-29(15-13-28)24(31)17-30(20-8-9-20)25(32)18-4-2-5-18/h3,6-7,10-11,16,18,20H,2,4-5,8-9,12-15,17H2,1H3. The van der Waals surface area contributed by atoms with Crippen molar-refractivity contribution in [1.29, 1.82) is 0 Å². The number of piperazine rings is 1. The molecule has 0 unspecified atom stereocenters. The highest BCUT2D eigenvalue weighted by Crippen LogP contribution is 2.34. The van der Waals surface area contributed by atoms with E-state index in [1.54, 1.807) is 7.11 Å². The van der Waals surface area contributed by atoms with Crippen molar-refractivity contribution in [2.45, 2.75) is 38.1 Å². The Bertz CT molecular complexity index is 995. The second-order valence-corrected chi connectivity index (χ2v) is 9.20. The number of hydrogen-bond acceptors (Lipinski definition) is 6. The van der Waals surface area contributed by atoms with Crippen LogP contribution < -0.4 is 9.64 Å². The number of rotatable bonds is 7. The number of methoxy groups -OCH3 is 1. The zero-order chi connectivity index (χ0) is 22.8. The molecule has 2 saturated carbocycles. The summed E-state index contributed by atoms with van der Waals surface area (Å²) < 4.78 is 5.29. The van der Waals surface area contributed by atoms with E-state index in [-0.39, 0.29) is 30.3 Å². The summed E-state index contributed by atoms with van der Waals surface area (Å²) in [5.41, 5.74) is 1.75. The largest absolute Gasteiger partial charge is 0.497 e. The maximum absolute atomic E-state index is 12.9. The Morgan fingerprint density at radius 3 is 2.42 bits per heavy atom. The van der Waals surface area contributed by atoms with E-state index in [1.807, 2.05) is 46.2 Å². The van der Waals surface area contributed by atoms with Crippen molar-refractivity contribution in [1.82, 2.24) is 20.0 Å². The summed E-state index contributed by atoms with van der Waals surface area (Å²) in [6, 6.07) is 12.0. The van der Waals surface area contributed by atoms with Gasteiger partial charge in [-0.05, 0) is 49.9 Å². The van der Waals surface area contributed by atoms with Gasteiger partial charge in [0.2, 0.25) is 11.8 Å². The quantitative estimate of drug-likeness (QED) is 0.647. The summed E-state index contributed by atoms with van der Waals surface area (Å²) in [5, 5.41) is 8.82. The molecule has 0 radical (unpaired) electrons. The first kappa shape index (κ1) is 21.7. The first-order chi connectivity index (χ1) is 16.1. The fourth-order valence-corrected chi connectivity index (χ4v) is 4.52. The molecule has 5 rings (SSSR count). The van der Waals surface area contributed by atoms with E-state index in [0.29, 0.717) is 26.2 Å². The molecular formula is C25H31N5O3. The predicted molar refractivity (Wildman–Crippen MR) is 125 cm³/mol. The zero-order valence-corrected chi connectivity index (χ0v) is 19.2. The highest BCUT2D eigenvalue weighted by molar-refractivity contribution is 5.87. The Kier molecular flexibility index (Phi) is 6.15. The first-order valence-electron chi connectivity index (χ1n) is 11.9. The maximum Gasteiger partial charge on any atom is 0.242 e. The normalized spacial score (nSPS) is 18.6. The van der Waals surface area contributed by atoms with Crippen molar-refractivity contribution in [2.75, 3.05) is 44.7 Å². The first-order valence-corrected chi connectivity index (χ1v) is 11.9. The molecule has 3 fully saturated rings. The van der Waals surface area contributed by atoms with Crippen LogP contribution in [0.1, 0.15) is 32.1 Å². The topological polar surface area (TPSA) is 78.9 Å². The molecule has 3 aliphatic rings. The van der Waals surface area contributed by atoms with E-state index >= 15 is 0 Å². The minimum Gasteiger partial charge on any atom is -0.497 e. The minimum absolute atomic E-state index is 0.0636. The highest BCUT2D eigenvalue weighted by Gasteiger charge is 2.39. The number of nitrogens with zero attached hydrogens (tertiary/aromatic N) is 5. The summed E-state index contributed by atoms with van der Waals surface area (Å²) in [4.78, 5) is 31.6. The second-order valence-electron chi connectivity index (χ2n) is 9.20. The van der Waals surface area contributed by atoms with E-state index in [0.717, 1.165) is 54.9 Å². The van der Waals surface area contributed by atoms with Crippen LogP contribution in [0.4, 0.5) is 5.82 Å². The zero-order valence-electron chi connectivity index (χ0n) is 19.2. The molecule has 2 aliphatic carbocycles. The third-order valence-corrected chi connectivity index (χ3v) is 7.00. The number of amides is 2. The van der Waals surface area contributed by atoms with Gasteiger partial charge in [0.15, 0.2) is 5.82 Å². The summed E-state index contributed by atoms with van der Waals surface area (Å²) in [7, 11) is 1.65. The Labute approximate surface area is 194 Å². The fourth-order valence-electron chi connectivity index (χ4n) is 4.52. The average Bonchev–Trinajstić information content (AvgIpc) is 3.67. The number of carbonyl (C=O) groups is 2. The van der Waals surface area contributed by atoms with Gasteiger partial charge >= 0.3 is 0 Å². The minimum atomic E-state index is 0.0636. The summed E-state index contributed by atoms with van der Waals surface area (Å²) in [5.74, 6) is 2.01. The molecule has 0 bridgehead atoms. The molecule has 8 nitrogen and oxygen atoms in total. The SMILES string of the molecule is COc1cccc(-c2ccc(N3CCN(C(=O)CN(C(=O)C4CCC4)C4CC4)CC3)nn2)c1. The van der Waals surface area contributed by atoms with Crippen LogP contribution in [-0.4, -0.2) is 77.7 Å². The molecule has 2 heterocycles. The van der Waals surface area contributed by atoms with E-state index in [4.69, 9.17) is 4.74 Å². The molecule has 1 aliphatic heterocycles. The number of benzene rings is 1. The third-order valence-electron chi connectivity index (χ3n) is 7.00. The molecule has 2 amide bonds. The average molecular weight is 450 g/mol. The van der Waals surface area contributed by atoms with Crippen molar-refractivity contribution >= 4 is 17.6 Å². The van der Waals surface area contributed by atoms with Gasteiger partial charge in [0.05, 0.1) is 12.8 Å². The molecule has 0 atom stereocenters.